The lowest BCUT2D eigenvalue weighted by atomic mass is 9.94. The van der Waals surface area contributed by atoms with Gasteiger partial charge >= 0.3 is 0 Å². The largest absolute Gasteiger partial charge is 0.506 e. The van der Waals surface area contributed by atoms with Crippen LogP contribution in [-0.2, 0) is 9.59 Å². The van der Waals surface area contributed by atoms with Crippen LogP contribution in [0, 0.1) is 0 Å². The van der Waals surface area contributed by atoms with E-state index in [1.54, 1.807) is 66.7 Å². The van der Waals surface area contributed by atoms with Gasteiger partial charge in [0.25, 0.3) is 11.7 Å². The lowest BCUT2D eigenvalue weighted by Gasteiger charge is -2.26. The molecule has 3 aromatic rings. The first kappa shape index (κ1) is 24.2. The highest BCUT2D eigenvalue weighted by atomic mass is 35.5. The lowest BCUT2D eigenvalue weighted by molar-refractivity contribution is -0.132. The third-order valence-electron chi connectivity index (χ3n) is 5.72. The van der Waals surface area contributed by atoms with Crippen LogP contribution >= 0.6 is 11.6 Å². The van der Waals surface area contributed by atoms with Gasteiger partial charge < -0.3 is 19.3 Å². The summed E-state index contributed by atoms with van der Waals surface area (Å²) in [7, 11) is 2.89. The molecular formula is C27H24ClNO6. The van der Waals surface area contributed by atoms with Crippen LogP contribution < -0.4 is 19.1 Å². The van der Waals surface area contributed by atoms with Gasteiger partial charge in [0.2, 0.25) is 0 Å². The molecule has 1 unspecified atom stereocenters. The first-order chi connectivity index (χ1) is 16.9. The van der Waals surface area contributed by atoms with Crippen molar-refractivity contribution in [1.82, 2.24) is 0 Å². The first-order valence-electron chi connectivity index (χ1n) is 10.9. The van der Waals surface area contributed by atoms with Crippen LogP contribution in [0.3, 0.4) is 0 Å². The normalized spacial score (nSPS) is 16.9. The van der Waals surface area contributed by atoms with Crippen molar-refractivity contribution in [3.63, 3.8) is 0 Å². The Labute approximate surface area is 208 Å². The molecule has 0 saturated carbocycles. The molecule has 4 rings (SSSR count). The summed E-state index contributed by atoms with van der Waals surface area (Å²) in [6, 6.07) is 17.7. The number of amides is 1. The van der Waals surface area contributed by atoms with Crippen molar-refractivity contribution in [2.45, 2.75) is 13.0 Å². The van der Waals surface area contributed by atoms with Gasteiger partial charge in [0, 0.05) is 10.7 Å². The minimum Gasteiger partial charge on any atom is -0.506 e. The van der Waals surface area contributed by atoms with Crippen molar-refractivity contribution in [2.75, 3.05) is 25.7 Å². The van der Waals surface area contributed by atoms with E-state index in [1.807, 2.05) is 6.92 Å². The molecule has 0 aromatic heterocycles. The molecule has 1 aliphatic heterocycles. The van der Waals surface area contributed by atoms with E-state index in [0.717, 1.165) is 0 Å². The van der Waals surface area contributed by atoms with Crippen molar-refractivity contribution in [1.29, 1.82) is 0 Å². The third-order valence-corrected chi connectivity index (χ3v) is 5.97. The van der Waals surface area contributed by atoms with Gasteiger partial charge in [0.1, 0.15) is 28.6 Å². The lowest BCUT2D eigenvalue weighted by Crippen LogP contribution is -2.29. The average Bonchev–Trinajstić information content (AvgIpc) is 3.14. The number of carbonyl (C=O) groups is 2. The number of aliphatic hydroxyl groups excluding tert-OH is 1. The second-order valence-electron chi connectivity index (χ2n) is 7.69. The molecule has 0 spiro atoms. The van der Waals surface area contributed by atoms with Gasteiger partial charge in [-0.25, -0.2) is 0 Å². The number of methoxy groups -OCH3 is 2. The number of ether oxygens (including phenoxy) is 3. The number of Topliss-reactive ketones (excluding diaryl/α,β-unsaturated/α-hetero) is 1. The van der Waals surface area contributed by atoms with Gasteiger partial charge in [0.05, 0.1) is 32.4 Å². The molecule has 180 valence electrons. The SMILES string of the molecule is CCOc1ccc(N2C(=O)C(=O)/C(=C(/O)c3c(OC)cccc3OC)C2c2ccc(Cl)cc2)cc1. The van der Waals surface area contributed by atoms with Crippen molar-refractivity contribution < 1.29 is 28.9 Å². The number of carbonyl (C=O) groups excluding carboxylic acids is 2. The summed E-state index contributed by atoms with van der Waals surface area (Å²) < 4.78 is 16.3. The molecule has 1 aliphatic rings. The second kappa shape index (κ2) is 10.1. The van der Waals surface area contributed by atoms with E-state index in [4.69, 9.17) is 25.8 Å². The summed E-state index contributed by atoms with van der Waals surface area (Å²) in [5, 5.41) is 12.0. The molecule has 0 aliphatic carbocycles. The Morgan fingerprint density at radius 2 is 1.54 bits per heavy atom. The highest BCUT2D eigenvalue weighted by molar-refractivity contribution is 6.51. The van der Waals surface area contributed by atoms with Crippen LogP contribution in [-0.4, -0.2) is 37.6 Å². The maximum atomic E-state index is 13.4. The van der Waals surface area contributed by atoms with Gasteiger partial charge in [-0.3, -0.25) is 14.5 Å². The first-order valence-corrected chi connectivity index (χ1v) is 11.3. The molecule has 0 bridgehead atoms. The second-order valence-corrected chi connectivity index (χ2v) is 8.12. The van der Waals surface area contributed by atoms with Crippen molar-refractivity contribution in [2.24, 2.45) is 0 Å². The van der Waals surface area contributed by atoms with Crippen molar-refractivity contribution >= 4 is 34.7 Å². The van der Waals surface area contributed by atoms with Crippen LogP contribution in [0.25, 0.3) is 5.76 Å². The number of halogens is 1. The van der Waals surface area contributed by atoms with E-state index in [2.05, 4.69) is 0 Å². The number of ketones is 1. The quantitative estimate of drug-likeness (QED) is 0.270. The fourth-order valence-corrected chi connectivity index (χ4v) is 4.27. The Morgan fingerprint density at radius 1 is 0.943 bits per heavy atom. The van der Waals surface area contributed by atoms with Crippen LogP contribution in [0.2, 0.25) is 5.02 Å². The molecule has 0 radical (unpaired) electrons. The zero-order chi connectivity index (χ0) is 25.1. The van der Waals surface area contributed by atoms with Crippen LogP contribution in [0.1, 0.15) is 24.1 Å². The summed E-state index contributed by atoms with van der Waals surface area (Å²) in [5.41, 5.74) is 1.16. The number of benzene rings is 3. The van der Waals surface area contributed by atoms with E-state index in [0.29, 0.717) is 40.1 Å². The highest BCUT2D eigenvalue weighted by Crippen LogP contribution is 2.45. The van der Waals surface area contributed by atoms with E-state index in [1.165, 1.54) is 19.1 Å². The topological polar surface area (TPSA) is 85.3 Å². The third kappa shape index (κ3) is 4.42. The molecule has 1 N–H and O–H groups in total. The predicted octanol–water partition coefficient (Wildman–Crippen LogP) is 5.38. The van der Waals surface area contributed by atoms with E-state index >= 15 is 0 Å². The van der Waals surface area contributed by atoms with Gasteiger partial charge in [0.15, 0.2) is 0 Å². The minimum atomic E-state index is -0.917. The van der Waals surface area contributed by atoms with Gasteiger partial charge in [-0.2, -0.15) is 0 Å². The van der Waals surface area contributed by atoms with E-state index < -0.39 is 23.5 Å². The molecule has 1 saturated heterocycles. The number of anilines is 1. The smallest absolute Gasteiger partial charge is 0.300 e. The molecule has 35 heavy (non-hydrogen) atoms. The fraction of sp³-hybridized carbons (Fsp3) is 0.185. The van der Waals surface area contributed by atoms with Crippen molar-refractivity contribution in [3.8, 4) is 17.2 Å². The van der Waals surface area contributed by atoms with Gasteiger partial charge in [-0.15, -0.1) is 0 Å². The molecule has 8 heteroatoms. The van der Waals surface area contributed by atoms with Crippen LogP contribution in [0.5, 0.6) is 17.2 Å². The molecule has 1 fully saturated rings. The Bertz CT molecular complexity index is 1260. The maximum absolute atomic E-state index is 13.4. The Kier molecular flexibility index (Phi) is 6.98. The van der Waals surface area contributed by atoms with Gasteiger partial charge in [-0.1, -0.05) is 29.8 Å². The maximum Gasteiger partial charge on any atom is 0.300 e. The summed E-state index contributed by atoms with van der Waals surface area (Å²) in [4.78, 5) is 28.1. The zero-order valence-electron chi connectivity index (χ0n) is 19.4. The molecule has 3 aromatic carbocycles. The number of aliphatic hydroxyl groups is 1. The number of rotatable bonds is 7. The summed E-state index contributed by atoms with van der Waals surface area (Å²) >= 11 is 6.09. The van der Waals surface area contributed by atoms with Crippen LogP contribution in [0.4, 0.5) is 5.69 Å². The number of hydrogen-bond acceptors (Lipinski definition) is 6. The summed E-state index contributed by atoms with van der Waals surface area (Å²) in [5.74, 6) is -0.776. The monoisotopic (exact) mass is 493 g/mol. The zero-order valence-corrected chi connectivity index (χ0v) is 20.2. The average molecular weight is 494 g/mol. The predicted molar refractivity (Wildman–Crippen MR) is 133 cm³/mol. The highest BCUT2D eigenvalue weighted by Gasteiger charge is 2.47. The standard InChI is InChI=1S/C27H24ClNO6/c1-4-35-19-14-12-18(13-15-19)29-24(16-8-10-17(28)11-9-16)23(26(31)27(29)32)25(30)22-20(33-2)6-5-7-21(22)34-3/h5-15,24,30H,4H2,1-3H3/b25-23+. The molecular weight excluding hydrogens is 470 g/mol. The Hall–Kier alpha value is -3.97. The van der Waals surface area contributed by atoms with Crippen molar-refractivity contribution in [3.05, 3.63) is 88.5 Å². The number of hydrogen-bond donors (Lipinski definition) is 1. The summed E-state index contributed by atoms with van der Waals surface area (Å²) in [6.07, 6.45) is 0. The molecule has 1 amide bonds. The molecule has 1 atom stereocenters. The minimum absolute atomic E-state index is 0.0889. The Morgan fingerprint density at radius 3 is 2.09 bits per heavy atom. The fourth-order valence-electron chi connectivity index (χ4n) is 4.15. The molecule has 1 heterocycles. The number of nitrogens with zero attached hydrogens (tertiary/aromatic N) is 1. The van der Waals surface area contributed by atoms with Crippen LogP contribution in [0.15, 0.2) is 72.3 Å². The Balaban J connectivity index is 1.95. The van der Waals surface area contributed by atoms with Gasteiger partial charge in [-0.05, 0) is 61.0 Å². The molecule has 7 nitrogen and oxygen atoms in total. The van der Waals surface area contributed by atoms with E-state index in [9.17, 15) is 14.7 Å². The van der Waals surface area contributed by atoms with E-state index in [-0.39, 0.29) is 11.1 Å². The summed E-state index contributed by atoms with van der Waals surface area (Å²) in [6.45, 7) is 2.37.